The minimum atomic E-state index is -3.67. The minimum Gasteiger partial charge on any atom is -0.406 e. The number of rotatable bonds is 25. The monoisotopic (exact) mass is 768 g/mol. The van der Waals surface area contributed by atoms with E-state index in [2.05, 4.69) is 19.9 Å². The normalized spacial score (nSPS) is 11.0. The summed E-state index contributed by atoms with van der Waals surface area (Å²) in [5.41, 5.74) is 8.72. The molecule has 270 valence electrons. The molecule has 2 aromatic carbocycles. The molecule has 1 atom stereocenters. The van der Waals surface area contributed by atoms with Gasteiger partial charge < -0.3 is 5.73 Å². The number of benzene rings is 2. The molecule has 0 radical (unpaired) electrons. The van der Waals surface area contributed by atoms with E-state index in [4.69, 9.17) is 10.3 Å². The maximum Gasteiger partial charge on any atom is 0.261 e. The van der Waals surface area contributed by atoms with Crippen molar-refractivity contribution < 1.29 is 33.4 Å². The van der Waals surface area contributed by atoms with Gasteiger partial charge in [-0.3, -0.25) is 4.55 Å². The Bertz CT molecular complexity index is 960. The zero-order chi connectivity index (χ0) is 33.3. The van der Waals surface area contributed by atoms with Crippen LogP contribution in [-0.2, 0) is 30.5 Å². The van der Waals surface area contributed by atoms with Crippen molar-refractivity contribution in [3.05, 3.63) is 54.6 Å². The first-order valence-electron chi connectivity index (χ1n) is 18.2. The molecule has 46 heavy (non-hydrogen) atoms. The third-order valence-corrected chi connectivity index (χ3v) is 9.29. The van der Waals surface area contributed by atoms with E-state index in [1.165, 1.54) is 162 Å². The summed E-state index contributed by atoms with van der Waals surface area (Å²) in [5, 5.41) is 0. The number of nitrogens with two attached hydrogens (primary N) is 1. The average molecular weight is 769 g/mol. The fourth-order valence-electron chi connectivity index (χ4n) is 5.24. The van der Waals surface area contributed by atoms with E-state index in [1.54, 1.807) is 0 Å². The van der Waals surface area contributed by atoms with E-state index in [0.717, 1.165) is 16.8 Å². The molecule has 0 aliphatic rings. The molecule has 1 unspecified atom stereocenters. The molecule has 0 heterocycles. The van der Waals surface area contributed by atoms with Crippen LogP contribution >= 0.6 is 8.58 Å². The van der Waals surface area contributed by atoms with E-state index in [9.17, 15) is 8.42 Å². The van der Waals surface area contributed by atoms with Gasteiger partial charge in [-0.25, -0.2) is 0 Å². The summed E-state index contributed by atoms with van der Waals surface area (Å²) in [4.78, 5) is 0. The smallest absolute Gasteiger partial charge is 0.261 e. The van der Waals surface area contributed by atoms with E-state index in [0.29, 0.717) is 6.26 Å². The predicted octanol–water partition coefficient (Wildman–Crippen LogP) is 12.5. The Morgan fingerprint density at radius 2 is 0.978 bits per heavy atom. The van der Waals surface area contributed by atoms with Gasteiger partial charge in [-0.1, -0.05) is 166 Å². The van der Waals surface area contributed by atoms with Crippen LogP contribution in [0.25, 0.3) is 11.1 Å². The van der Waals surface area contributed by atoms with Crippen molar-refractivity contribution >= 4 is 24.4 Å². The second-order valence-electron chi connectivity index (χ2n) is 12.4. The number of para-hydroxylation sites is 1. The fourth-order valence-corrected chi connectivity index (χ4v) is 6.59. The molecule has 0 aliphatic heterocycles. The first-order valence-corrected chi connectivity index (χ1v) is 21.5. The molecule has 2 aromatic rings. The quantitative estimate of drug-likeness (QED) is 0.0263. The largest absolute Gasteiger partial charge is 0.406 e. The van der Waals surface area contributed by atoms with Crippen LogP contribution in [0.4, 0.5) is 5.69 Å². The second-order valence-corrected chi connectivity index (χ2v) is 15.4. The molecule has 0 saturated heterocycles. The molecule has 0 saturated carbocycles. The van der Waals surface area contributed by atoms with E-state index in [-0.39, 0.29) is 20.4 Å². The molecule has 2 rings (SSSR count). The molecule has 4 nitrogen and oxygen atoms in total. The van der Waals surface area contributed by atoms with Crippen LogP contribution in [0.3, 0.4) is 0 Å². The molecule has 0 amide bonds. The van der Waals surface area contributed by atoms with Crippen LogP contribution in [0.15, 0.2) is 48.5 Å². The Hall–Kier alpha value is -0.758. The van der Waals surface area contributed by atoms with Crippen LogP contribution in [0, 0.1) is 6.07 Å². The zero-order valence-electron chi connectivity index (χ0n) is 29.7. The van der Waals surface area contributed by atoms with Crippen molar-refractivity contribution in [2.75, 3.05) is 24.3 Å². The van der Waals surface area contributed by atoms with Gasteiger partial charge in [0.25, 0.3) is 10.1 Å². The standard InChI is InChI=1S/C26H55P.C12H10N.CH4O3S.Pd/c1-3-5-7-8-9-10-11-12-13-14-15-16-17-18-19-20-21-22-23-24-26-27-25-6-4-2;13-12-9-5-4-8-11(12)10-6-2-1-3-7-10;1-5(2,3)4;/h27H,3-26H2,1-2H3;1-6,8-9H,13H2;1H3,(H,2,3,4);/q;-1;;. The molecule has 0 aliphatic carbocycles. The van der Waals surface area contributed by atoms with Crippen LogP contribution in [0.5, 0.6) is 0 Å². The first-order chi connectivity index (χ1) is 21.8. The van der Waals surface area contributed by atoms with Crippen molar-refractivity contribution in [3.63, 3.8) is 0 Å². The van der Waals surface area contributed by atoms with Crippen LogP contribution < -0.4 is 5.73 Å². The maximum absolute atomic E-state index is 9.19. The summed E-state index contributed by atoms with van der Waals surface area (Å²) >= 11 is 0. The van der Waals surface area contributed by atoms with Crippen molar-refractivity contribution in [1.82, 2.24) is 0 Å². The number of hydrogen-bond donors (Lipinski definition) is 2. The Morgan fingerprint density at radius 3 is 1.37 bits per heavy atom. The van der Waals surface area contributed by atoms with Crippen LogP contribution in [-0.4, -0.2) is 31.6 Å². The Labute approximate surface area is 301 Å². The van der Waals surface area contributed by atoms with Gasteiger partial charge in [-0.2, -0.15) is 8.42 Å². The van der Waals surface area contributed by atoms with Gasteiger partial charge in [0, 0.05) is 20.4 Å². The number of unbranched alkanes of at least 4 members (excludes halogenated alkanes) is 20. The van der Waals surface area contributed by atoms with Crippen LogP contribution in [0.2, 0.25) is 0 Å². The van der Waals surface area contributed by atoms with E-state index >= 15 is 0 Å². The summed E-state index contributed by atoms with van der Waals surface area (Å²) in [6, 6.07) is 18.8. The molecule has 7 heteroatoms. The maximum atomic E-state index is 9.19. The summed E-state index contributed by atoms with van der Waals surface area (Å²) in [5.74, 6) is 0. The Morgan fingerprint density at radius 1 is 0.609 bits per heavy atom. The fraction of sp³-hybridized carbons (Fsp3) is 0.692. The van der Waals surface area contributed by atoms with Crippen molar-refractivity contribution in [1.29, 1.82) is 0 Å². The summed E-state index contributed by atoms with van der Waals surface area (Å²) in [6.45, 7) is 4.61. The third kappa shape index (κ3) is 36.1. The number of anilines is 1. The minimum absolute atomic E-state index is 0. The predicted molar refractivity (Wildman–Crippen MR) is 204 cm³/mol. The van der Waals surface area contributed by atoms with Gasteiger partial charge in [0.2, 0.25) is 0 Å². The third-order valence-electron chi connectivity index (χ3n) is 7.87. The number of hydrogen-bond acceptors (Lipinski definition) is 3. The van der Waals surface area contributed by atoms with Gasteiger partial charge >= 0.3 is 0 Å². The van der Waals surface area contributed by atoms with Gasteiger partial charge in [0.1, 0.15) is 0 Å². The van der Waals surface area contributed by atoms with Crippen molar-refractivity contribution in [2.24, 2.45) is 0 Å². The summed E-state index contributed by atoms with van der Waals surface area (Å²) in [7, 11) is -2.42. The Balaban J connectivity index is 0. The average Bonchev–Trinajstić information content (AvgIpc) is 3.02. The van der Waals surface area contributed by atoms with Gasteiger partial charge in [-0.15, -0.1) is 44.5 Å². The molecule has 0 spiro atoms. The van der Waals surface area contributed by atoms with Crippen LogP contribution in [0.1, 0.15) is 155 Å². The summed E-state index contributed by atoms with van der Waals surface area (Å²) < 4.78 is 25.9. The van der Waals surface area contributed by atoms with Crippen molar-refractivity contribution in [2.45, 2.75) is 155 Å². The van der Waals surface area contributed by atoms with Gasteiger partial charge in [-0.05, 0) is 36.9 Å². The van der Waals surface area contributed by atoms with E-state index < -0.39 is 10.1 Å². The zero-order valence-corrected chi connectivity index (χ0v) is 33.0. The number of nitrogen functional groups attached to an aromatic ring is 1. The Kier molecular flexibility index (Phi) is 36.6. The first kappa shape index (κ1) is 47.4. The SMILES string of the molecule is CCCCCCCCCCCCCCCCCCCCCCPCCCC.CS(=O)(=O)O.Nc1ccccc1-c1[c-]cccc1.[Pd]. The topological polar surface area (TPSA) is 80.4 Å². The molecular weight excluding hydrogens is 700 g/mol. The molecule has 0 aromatic heterocycles. The summed E-state index contributed by atoms with van der Waals surface area (Å²) in [6.07, 6.45) is 36.2. The molecule has 0 bridgehead atoms. The van der Waals surface area contributed by atoms with E-state index in [1.807, 2.05) is 48.5 Å². The van der Waals surface area contributed by atoms with Crippen molar-refractivity contribution in [3.8, 4) is 11.1 Å². The van der Waals surface area contributed by atoms with Gasteiger partial charge in [0.05, 0.1) is 6.26 Å². The molecular formula is C39H69NO3PPdS-. The second kappa shape index (κ2) is 35.5. The molecule has 3 N–H and O–H groups in total. The molecule has 0 fully saturated rings. The van der Waals surface area contributed by atoms with Gasteiger partial charge in [0.15, 0.2) is 0 Å².